The van der Waals surface area contributed by atoms with Gasteiger partial charge in [-0.15, -0.1) is 11.3 Å². The van der Waals surface area contributed by atoms with Crippen LogP contribution in [0.3, 0.4) is 0 Å². The Morgan fingerprint density at radius 3 is 2.42 bits per heavy atom. The molecule has 0 bridgehead atoms. The molecule has 0 radical (unpaired) electrons. The molecule has 1 unspecified atom stereocenters. The maximum absolute atomic E-state index is 13.3. The van der Waals surface area contributed by atoms with E-state index in [-0.39, 0.29) is 11.3 Å². The number of hydrogen-bond donors (Lipinski definition) is 3. The van der Waals surface area contributed by atoms with E-state index in [9.17, 15) is 14.7 Å². The number of fused-ring (bicyclic) bond motifs is 1. The summed E-state index contributed by atoms with van der Waals surface area (Å²) in [5.74, 6) is -0.444. The lowest BCUT2D eigenvalue weighted by Gasteiger charge is -2.22. The highest BCUT2D eigenvalue weighted by Gasteiger charge is 2.24. The van der Waals surface area contributed by atoms with Gasteiger partial charge in [0.05, 0.1) is 16.6 Å². The molecule has 5 rings (SSSR count). The first-order chi connectivity index (χ1) is 16.1. The normalized spacial score (nSPS) is 11.9. The van der Waals surface area contributed by atoms with E-state index in [1.807, 2.05) is 78.2 Å². The summed E-state index contributed by atoms with van der Waals surface area (Å²) in [4.78, 5) is 29.7. The van der Waals surface area contributed by atoms with Crippen LogP contribution in [-0.4, -0.2) is 16.0 Å². The molecular weight excluding hydrogens is 432 g/mol. The molecule has 1 amide bonds. The van der Waals surface area contributed by atoms with Crippen molar-refractivity contribution in [3.63, 3.8) is 0 Å². The van der Waals surface area contributed by atoms with Crippen molar-refractivity contribution in [1.82, 2.24) is 10.3 Å². The van der Waals surface area contributed by atoms with E-state index in [0.717, 1.165) is 21.2 Å². The molecule has 162 valence electrons. The summed E-state index contributed by atoms with van der Waals surface area (Å²) in [7, 11) is 0. The zero-order chi connectivity index (χ0) is 22.8. The van der Waals surface area contributed by atoms with Gasteiger partial charge < -0.3 is 15.4 Å². The summed E-state index contributed by atoms with van der Waals surface area (Å²) < 4.78 is 0. The number of nitrogens with one attached hydrogen (secondary N) is 2. The van der Waals surface area contributed by atoms with Gasteiger partial charge >= 0.3 is 0 Å². The standard InChI is InChI=1S/C27H20N2O3S/c30-22-15-12-17-7-4-5-10-19(17)24(22)25(18-8-2-1-3-9-18)29-27(32)20-13-14-21(28-26(20)31)23-11-6-16-33-23/h1-16,25,30H,(H,28,31)(H,29,32). The molecule has 0 aliphatic heterocycles. The SMILES string of the molecule is O=C(NC(c1ccccc1)c1c(O)ccc2ccccc12)c1ccc(-c2cccs2)[nH]c1=O. The fourth-order valence-electron chi connectivity index (χ4n) is 3.99. The van der Waals surface area contributed by atoms with E-state index < -0.39 is 17.5 Å². The van der Waals surface area contributed by atoms with Crippen LogP contribution in [0.2, 0.25) is 0 Å². The smallest absolute Gasteiger partial charge is 0.261 e. The first-order valence-electron chi connectivity index (χ1n) is 10.5. The number of H-pyrrole nitrogens is 1. The number of carbonyl (C=O) groups is 1. The predicted molar refractivity (Wildman–Crippen MR) is 132 cm³/mol. The highest BCUT2D eigenvalue weighted by atomic mass is 32.1. The number of rotatable bonds is 5. The number of phenols is 1. The highest BCUT2D eigenvalue weighted by Crippen LogP contribution is 2.36. The third-order valence-electron chi connectivity index (χ3n) is 5.59. The lowest BCUT2D eigenvalue weighted by Crippen LogP contribution is -2.33. The van der Waals surface area contributed by atoms with Gasteiger partial charge in [0, 0.05) is 5.56 Å². The second-order valence-electron chi connectivity index (χ2n) is 7.63. The monoisotopic (exact) mass is 452 g/mol. The van der Waals surface area contributed by atoms with Gasteiger partial charge in [0.1, 0.15) is 11.3 Å². The van der Waals surface area contributed by atoms with Crippen molar-refractivity contribution < 1.29 is 9.90 Å². The van der Waals surface area contributed by atoms with Crippen LogP contribution in [0.5, 0.6) is 5.75 Å². The molecule has 0 aliphatic carbocycles. The fourth-order valence-corrected chi connectivity index (χ4v) is 4.70. The molecule has 2 aromatic heterocycles. The van der Waals surface area contributed by atoms with Gasteiger partial charge in [0.15, 0.2) is 0 Å². The Bertz CT molecular complexity index is 1490. The van der Waals surface area contributed by atoms with Crippen molar-refractivity contribution in [3.8, 4) is 16.3 Å². The molecule has 0 saturated carbocycles. The van der Waals surface area contributed by atoms with Crippen LogP contribution < -0.4 is 10.9 Å². The topological polar surface area (TPSA) is 82.2 Å². The number of aromatic nitrogens is 1. The van der Waals surface area contributed by atoms with Crippen molar-refractivity contribution in [2.45, 2.75) is 6.04 Å². The zero-order valence-electron chi connectivity index (χ0n) is 17.5. The van der Waals surface area contributed by atoms with Crippen LogP contribution in [0.4, 0.5) is 0 Å². The van der Waals surface area contributed by atoms with Crippen LogP contribution in [0.1, 0.15) is 27.5 Å². The average Bonchev–Trinajstić information content (AvgIpc) is 3.38. The summed E-state index contributed by atoms with van der Waals surface area (Å²) in [5.41, 5.74) is 1.59. The lowest BCUT2D eigenvalue weighted by atomic mass is 9.92. The van der Waals surface area contributed by atoms with E-state index in [0.29, 0.717) is 11.3 Å². The minimum absolute atomic E-state index is 0.0102. The van der Waals surface area contributed by atoms with Crippen molar-refractivity contribution in [1.29, 1.82) is 0 Å². The van der Waals surface area contributed by atoms with E-state index in [1.54, 1.807) is 12.1 Å². The molecule has 5 nitrogen and oxygen atoms in total. The molecule has 0 fully saturated rings. The third kappa shape index (κ3) is 4.04. The summed E-state index contributed by atoms with van der Waals surface area (Å²) in [6, 6.07) is 27.0. The number of amides is 1. The Morgan fingerprint density at radius 1 is 0.879 bits per heavy atom. The van der Waals surface area contributed by atoms with Crippen LogP contribution >= 0.6 is 11.3 Å². The zero-order valence-corrected chi connectivity index (χ0v) is 18.3. The molecule has 6 heteroatoms. The Morgan fingerprint density at radius 2 is 1.67 bits per heavy atom. The number of carbonyl (C=O) groups excluding carboxylic acids is 1. The molecule has 0 spiro atoms. The highest BCUT2D eigenvalue weighted by molar-refractivity contribution is 7.13. The van der Waals surface area contributed by atoms with Gasteiger partial charge in [0.2, 0.25) is 0 Å². The quantitative estimate of drug-likeness (QED) is 0.330. The van der Waals surface area contributed by atoms with Crippen molar-refractivity contribution in [2.24, 2.45) is 0 Å². The number of phenolic OH excluding ortho intramolecular Hbond substituents is 1. The van der Waals surface area contributed by atoms with E-state index >= 15 is 0 Å². The summed E-state index contributed by atoms with van der Waals surface area (Å²) >= 11 is 1.51. The summed E-state index contributed by atoms with van der Waals surface area (Å²) in [6.07, 6.45) is 0. The predicted octanol–water partition coefficient (Wildman–Crippen LogP) is 5.48. The molecule has 0 aliphatic rings. The summed E-state index contributed by atoms with van der Waals surface area (Å²) in [6.45, 7) is 0. The number of hydrogen-bond acceptors (Lipinski definition) is 4. The van der Waals surface area contributed by atoms with Gasteiger partial charge in [-0.1, -0.05) is 66.7 Å². The molecule has 2 heterocycles. The molecule has 33 heavy (non-hydrogen) atoms. The van der Waals surface area contributed by atoms with Crippen LogP contribution in [0.25, 0.3) is 21.3 Å². The van der Waals surface area contributed by atoms with E-state index in [4.69, 9.17) is 0 Å². The Labute approximate surface area is 194 Å². The average molecular weight is 453 g/mol. The van der Waals surface area contributed by atoms with Crippen LogP contribution in [-0.2, 0) is 0 Å². The molecule has 3 aromatic carbocycles. The molecule has 0 saturated heterocycles. The number of aromatic amines is 1. The molecule has 5 aromatic rings. The van der Waals surface area contributed by atoms with Crippen molar-refractivity contribution in [2.75, 3.05) is 0 Å². The molecule has 1 atom stereocenters. The molecule has 3 N–H and O–H groups in total. The lowest BCUT2D eigenvalue weighted by molar-refractivity contribution is 0.0941. The summed E-state index contributed by atoms with van der Waals surface area (Å²) in [5, 5.41) is 17.5. The second-order valence-corrected chi connectivity index (χ2v) is 8.58. The first-order valence-corrected chi connectivity index (χ1v) is 11.3. The maximum Gasteiger partial charge on any atom is 0.261 e. The third-order valence-corrected chi connectivity index (χ3v) is 6.49. The van der Waals surface area contributed by atoms with Gasteiger partial charge in [-0.3, -0.25) is 9.59 Å². The Kier molecular flexibility index (Phi) is 5.50. The maximum atomic E-state index is 13.3. The van der Waals surface area contributed by atoms with E-state index in [1.165, 1.54) is 17.4 Å². The van der Waals surface area contributed by atoms with E-state index in [2.05, 4.69) is 10.3 Å². The Hall–Kier alpha value is -4.16. The van der Waals surface area contributed by atoms with Gasteiger partial charge in [-0.2, -0.15) is 0 Å². The van der Waals surface area contributed by atoms with Gasteiger partial charge in [-0.05, 0) is 46.0 Å². The Balaban J connectivity index is 1.57. The largest absolute Gasteiger partial charge is 0.508 e. The van der Waals surface area contributed by atoms with Crippen molar-refractivity contribution in [3.05, 3.63) is 123 Å². The number of pyridine rings is 1. The number of aromatic hydroxyl groups is 1. The van der Waals surface area contributed by atoms with Crippen molar-refractivity contribution >= 4 is 28.0 Å². The van der Waals surface area contributed by atoms with Gasteiger partial charge in [-0.25, -0.2) is 0 Å². The van der Waals surface area contributed by atoms with Crippen LogP contribution in [0.15, 0.2) is 101 Å². The first kappa shape index (κ1) is 20.7. The minimum Gasteiger partial charge on any atom is -0.508 e. The second kappa shape index (κ2) is 8.76. The van der Waals surface area contributed by atoms with Crippen LogP contribution in [0, 0.1) is 0 Å². The minimum atomic E-state index is -0.652. The molecular formula is C27H20N2O3S. The fraction of sp³-hybridized carbons (Fsp3) is 0.0370. The number of benzene rings is 3. The number of thiophene rings is 1. The van der Waals surface area contributed by atoms with Gasteiger partial charge in [0.25, 0.3) is 11.5 Å².